The van der Waals surface area contributed by atoms with Gasteiger partial charge in [0, 0.05) is 17.8 Å². The van der Waals surface area contributed by atoms with Gasteiger partial charge in [0.25, 0.3) is 0 Å². The Morgan fingerprint density at radius 1 is 1.58 bits per heavy atom. The lowest BCUT2D eigenvalue weighted by molar-refractivity contribution is 0.631. The topological polar surface area (TPSA) is 38.9 Å². The summed E-state index contributed by atoms with van der Waals surface area (Å²) in [5.41, 5.74) is 6.96. The van der Waals surface area contributed by atoms with Crippen LogP contribution in [-0.2, 0) is 0 Å². The molecule has 0 saturated heterocycles. The molecule has 1 aliphatic carbocycles. The largest absolute Gasteiger partial charge is 0.324 e. The lowest BCUT2D eigenvalue weighted by atomic mass is 10.1. The van der Waals surface area contributed by atoms with Crippen molar-refractivity contribution in [2.45, 2.75) is 18.9 Å². The normalized spacial score (nSPS) is 19.2. The Morgan fingerprint density at radius 3 is 2.92 bits per heavy atom. The van der Waals surface area contributed by atoms with Gasteiger partial charge in [-0.25, -0.2) is 4.98 Å². The zero-order valence-electron chi connectivity index (χ0n) is 6.70. The first kappa shape index (κ1) is 8.02. The van der Waals surface area contributed by atoms with Crippen LogP contribution in [0.1, 0.15) is 24.4 Å². The molecule has 0 aromatic carbocycles. The van der Waals surface area contributed by atoms with Crippen LogP contribution < -0.4 is 5.73 Å². The minimum absolute atomic E-state index is 0.0891. The minimum atomic E-state index is 0.0891. The fourth-order valence-corrected chi connectivity index (χ4v) is 1.60. The van der Waals surface area contributed by atoms with E-state index in [4.69, 9.17) is 17.3 Å². The standard InChI is InChI=1S/C9H11ClN2/c10-9-7(2-1-5-12-9)8(11)6-3-4-6/h1-2,5-6,8H,3-4,11H2/t8-/m0/s1. The molecular formula is C9H11ClN2. The molecular weight excluding hydrogens is 172 g/mol. The fourth-order valence-electron chi connectivity index (χ4n) is 1.36. The minimum Gasteiger partial charge on any atom is -0.324 e. The number of hydrogen-bond acceptors (Lipinski definition) is 2. The van der Waals surface area contributed by atoms with Crippen molar-refractivity contribution < 1.29 is 0 Å². The average Bonchev–Trinajstić information content (AvgIpc) is 2.86. The van der Waals surface area contributed by atoms with Gasteiger partial charge in [0.05, 0.1) is 0 Å². The molecule has 0 aliphatic heterocycles. The molecule has 0 spiro atoms. The molecule has 2 rings (SSSR count). The molecule has 1 atom stereocenters. The van der Waals surface area contributed by atoms with E-state index in [1.165, 1.54) is 12.8 Å². The van der Waals surface area contributed by atoms with Crippen LogP contribution in [0.25, 0.3) is 0 Å². The van der Waals surface area contributed by atoms with Crippen LogP contribution in [-0.4, -0.2) is 4.98 Å². The Hall–Kier alpha value is -0.600. The molecule has 3 heteroatoms. The molecule has 1 aromatic rings. The van der Waals surface area contributed by atoms with E-state index in [9.17, 15) is 0 Å². The number of nitrogens with two attached hydrogens (primary N) is 1. The van der Waals surface area contributed by atoms with Gasteiger partial charge in [-0.05, 0) is 24.8 Å². The summed E-state index contributed by atoms with van der Waals surface area (Å²) in [6.45, 7) is 0. The molecule has 12 heavy (non-hydrogen) atoms. The molecule has 1 heterocycles. The van der Waals surface area contributed by atoms with Gasteiger partial charge in [-0.15, -0.1) is 0 Å². The lowest BCUT2D eigenvalue weighted by Crippen LogP contribution is -2.13. The van der Waals surface area contributed by atoms with Gasteiger partial charge in [0.2, 0.25) is 0 Å². The van der Waals surface area contributed by atoms with Crippen LogP contribution in [0.5, 0.6) is 0 Å². The molecule has 1 aromatic heterocycles. The van der Waals surface area contributed by atoms with Crippen molar-refractivity contribution in [3.05, 3.63) is 29.0 Å². The van der Waals surface area contributed by atoms with Crippen molar-refractivity contribution in [1.82, 2.24) is 4.98 Å². The number of hydrogen-bond donors (Lipinski definition) is 1. The molecule has 2 nitrogen and oxygen atoms in total. The van der Waals surface area contributed by atoms with E-state index in [2.05, 4.69) is 4.98 Å². The van der Waals surface area contributed by atoms with Gasteiger partial charge in [0.15, 0.2) is 0 Å². The summed E-state index contributed by atoms with van der Waals surface area (Å²) >= 11 is 5.90. The van der Waals surface area contributed by atoms with Crippen LogP contribution in [0.2, 0.25) is 5.15 Å². The van der Waals surface area contributed by atoms with Gasteiger partial charge >= 0.3 is 0 Å². The highest BCUT2D eigenvalue weighted by Gasteiger charge is 2.30. The average molecular weight is 183 g/mol. The number of nitrogens with zero attached hydrogens (tertiary/aromatic N) is 1. The summed E-state index contributed by atoms with van der Waals surface area (Å²) in [6.07, 6.45) is 4.14. The molecule has 0 amide bonds. The molecule has 1 fully saturated rings. The van der Waals surface area contributed by atoms with E-state index in [0.29, 0.717) is 11.1 Å². The number of pyridine rings is 1. The fraction of sp³-hybridized carbons (Fsp3) is 0.444. The Bertz CT molecular complexity index is 284. The Morgan fingerprint density at radius 2 is 2.33 bits per heavy atom. The molecule has 1 aliphatic rings. The zero-order chi connectivity index (χ0) is 8.55. The Kier molecular flexibility index (Phi) is 2.03. The van der Waals surface area contributed by atoms with E-state index < -0.39 is 0 Å². The first-order chi connectivity index (χ1) is 5.79. The first-order valence-corrected chi connectivity index (χ1v) is 4.53. The number of rotatable bonds is 2. The van der Waals surface area contributed by atoms with Crippen molar-refractivity contribution in [2.24, 2.45) is 11.7 Å². The predicted molar refractivity (Wildman–Crippen MR) is 48.9 cm³/mol. The highest BCUT2D eigenvalue weighted by Crippen LogP contribution is 2.40. The SMILES string of the molecule is N[C@H](c1cccnc1Cl)C1CC1. The second kappa shape index (κ2) is 3.04. The third-order valence-electron chi connectivity index (χ3n) is 2.28. The second-order valence-electron chi connectivity index (χ2n) is 3.25. The summed E-state index contributed by atoms with van der Waals surface area (Å²) in [6, 6.07) is 3.92. The first-order valence-electron chi connectivity index (χ1n) is 4.15. The Labute approximate surface area is 76.7 Å². The highest BCUT2D eigenvalue weighted by molar-refractivity contribution is 6.30. The molecule has 0 bridgehead atoms. The van der Waals surface area contributed by atoms with E-state index >= 15 is 0 Å². The van der Waals surface area contributed by atoms with Gasteiger partial charge in [0.1, 0.15) is 5.15 Å². The number of halogens is 1. The summed E-state index contributed by atoms with van der Waals surface area (Å²) in [5.74, 6) is 0.631. The lowest BCUT2D eigenvalue weighted by Gasteiger charge is -2.10. The van der Waals surface area contributed by atoms with Gasteiger partial charge in [-0.1, -0.05) is 17.7 Å². The van der Waals surface area contributed by atoms with Crippen molar-refractivity contribution in [1.29, 1.82) is 0 Å². The van der Waals surface area contributed by atoms with Crippen molar-refractivity contribution in [2.75, 3.05) is 0 Å². The third kappa shape index (κ3) is 1.45. The quantitative estimate of drug-likeness (QED) is 0.712. The summed E-state index contributed by atoms with van der Waals surface area (Å²) in [5, 5.41) is 0.553. The van der Waals surface area contributed by atoms with E-state index in [-0.39, 0.29) is 6.04 Å². The third-order valence-corrected chi connectivity index (χ3v) is 2.59. The summed E-state index contributed by atoms with van der Waals surface area (Å²) < 4.78 is 0. The van der Waals surface area contributed by atoms with Crippen LogP contribution in [0.4, 0.5) is 0 Å². The second-order valence-corrected chi connectivity index (χ2v) is 3.60. The molecule has 0 radical (unpaired) electrons. The van der Waals surface area contributed by atoms with Crippen LogP contribution in [0.3, 0.4) is 0 Å². The maximum atomic E-state index is 5.98. The van der Waals surface area contributed by atoms with Gasteiger partial charge in [-0.3, -0.25) is 0 Å². The van der Waals surface area contributed by atoms with E-state index in [1.54, 1.807) is 6.20 Å². The maximum absolute atomic E-state index is 5.98. The molecule has 64 valence electrons. The van der Waals surface area contributed by atoms with Crippen molar-refractivity contribution >= 4 is 11.6 Å². The van der Waals surface area contributed by atoms with Gasteiger partial charge in [-0.2, -0.15) is 0 Å². The summed E-state index contributed by atoms with van der Waals surface area (Å²) in [7, 11) is 0. The number of aromatic nitrogens is 1. The molecule has 2 N–H and O–H groups in total. The monoisotopic (exact) mass is 182 g/mol. The van der Waals surface area contributed by atoms with Gasteiger partial charge < -0.3 is 5.73 Å². The Balaban J connectivity index is 2.25. The van der Waals surface area contributed by atoms with Crippen molar-refractivity contribution in [3.63, 3.8) is 0 Å². The zero-order valence-corrected chi connectivity index (χ0v) is 7.46. The van der Waals surface area contributed by atoms with E-state index in [1.807, 2.05) is 12.1 Å². The van der Waals surface area contributed by atoms with Crippen LogP contribution >= 0.6 is 11.6 Å². The molecule has 1 saturated carbocycles. The maximum Gasteiger partial charge on any atom is 0.133 e. The van der Waals surface area contributed by atoms with Crippen LogP contribution in [0.15, 0.2) is 18.3 Å². The van der Waals surface area contributed by atoms with Crippen molar-refractivity contribution in [3.8, 4) is 0 Å². The molecule has 0 unspecified atom stereocenters. The highest BCUT2D eigenvalue weighted by atomic mass is 35.5. The van der Waals surface area contributed by atoms with Crippen LogP contribution in [0, 0.1) is 5.92 Å². The predicted octanol–water partition coefficient (Wildman–Crippen LogP) is 2.14. The smallest absolute Gasteiger partial charge is 0.133 e. The van der Waals surface area contributed by atoms with E-state index in [0.717, 1.165) is 5.56 Å². The summed E-state index contributed by atoms with van der Waals surface area (Å²) in [4.78, 5) is 4.00.